The van der Waals surface area contributed by atoms with Crippen LogP contribution < -0.4 is 11.1 Å². The third-order valence-corrected chi connectivity index (χ3v) is 4.15. The summed E-state index contributed by atoms with van der Waals surface area (Å²) in [7, 11) is 0. The van der Waals surface area contributed by atoms with Crippen molar-refractivity contribution < 1.29 is 9.53 Å². The number of rotatable bonds is 5. The highest BCUT2D eigenvalue weighted by Gasteiger charge is 2.33. The van der Waals surface area contributed by atoms with Crippen molar-refractivity contribution in [2.75, 3.05) is 39.4 Å². The van der Waals surface area contributed by atoms with Crippen molar-refractivity contribution in [1.82, 2.24) is 10.2 Å². The van der Waals surface area contributed by atoms with E-state index in [-0.39, 0.29) is 11.3 Å². The molecule has 2 aliphatic rings. The zero-order valence-corrected chi connectivity index (χ0v) is 13.2. The highest BCUT2D eigenvalue weighted by Crippen LogP contribution is 2.27. The second-order valence-electron chi connectivity index (χ2n) is 6.60. The molecule has 0 radical (unpaired) electrons. The van der Waals surface area contributed by atoms with Gasteiger partial charge in [0.25, 0.3) is 0 Å². The zero-order chi connectivity index (χ0) is 15.3. The first-order valence-corrected chi connectivity index (χ1v) is 7.92. The van der Waals surface area contributed by atoms with Crippen LogP contribution in [-0.4, -0.2) is 56.2 Å². The van der Waals surface area contributed by atoms with Gasteiger partial charge in [-0.25, -0.2) is 0 Å². The zero-order valence-electron chi connectivity index (χ0n) is 13.2. The number of guanidine groups is 1. The first kappa shape index (κ1) is 16.1. The van der Waals surface area contributed by atoms with E-state index < -0.39 is 0 Å². The van der Waals surface area contributed by atoms with Gasteiger partial charge >= 0.3 is 0 Å². The number of amides is 1. The highest BCUT2D eigenvalue weighted by molar-refractivity contribution is 5.80. The van der Waals surface area contributed by atoms with E-state index in [0.717, 1.165) is 58.2 Å². The number of piperidine rings is 1. The van der Waals surface area contributed by atoms with Gasteiger partial charge in [0.1, 0.15) is 0 Å². The van der Waals surface area contributed by atoms with Gasteiger partial charge in [-0.05, 0) is 25.7 Å². The number of likely N-dealkylation sites (tertiary alicyclic amines) is 1. The summed E-state index contributed by atoms with van der Waals surface area (Å²) >= 11 is 0. The maximum Gasteiger partial charge on any atom is 0.217 e. The molecule has 2 aliphatic heterocycles. The molecule has 2 fully saturated rings. The van der Waals surface area contributed by atoms with Crippen LogP contribution in [0, 0.1) is 11.3 Å². The summed E-state index contributed by atoms with van der Waals surface area (Å²) in [5, 5.41) is 3.37. The Balaban J connectivity index is 1.95. The van der Waals surface area contributed by atoms with Crippen molar-refractivity contribution >= 4 is 11.9 Å². The molecule has 0 bridgehead atoms. The first-order valence-electron chi connectivity index (χ1n) is 7.92. The first-order chi connectivity index (χ1) is 10.0. The molecule has 0 aromatic heterocycles. The summed E-state index contributed by atoms with van der Waals surface area (Å²) in [6.07, 6.45) is 2.63. The molecule has 1 unspecified atom stereocenters. The van der Waals surface area contributed by atoms with Crippen molar-refractivity contribution in [3.8, 4) is 0 Å². The van der Waals surface area contributed by atoms with E-state index in [1.807, 2.05) is 0 Å². The molecule has 2 heterocycles. The summed E-state index contributed by atoms with van der Waals surface area (Å²) in [6.45, 7) is 9.36. The molecule has 21 heavy (non-hydrogen) atoms. The highest BCUT2D eigenvalue weighted by atomic mass is 16.5. The average molecular weight is 296 g/mol. The SMILES string of the molecule is CCNC(=NCC1(C)COC1)N1CCCC(CC(N)=O)C1. The van der Waals surface area contributed by atoms with Crippen molar-refractivity contribution in [2.24, 2.45) is 22.1 Å². The number of hydrogen-bond acceptors (Lipinski definition) is 3. The van der Waals surface area contributed by atoms with Gasteiger partial charge < -0.3 is 20.7 Å². The Morgan fingerprint density at radius 3 is 2.86 bits per heavy atom. The molecule has 2 rings (SSSR count). The molecule has 6 heteroatoms. The number of ether oxygens (including phenoxy) is 1. The van der Waals surface area contributed by atoms with Gasteiger partial charge in [-0.3, -0.25) is 9.79 Å². The summed E-state index contributed by atoms with van der Waals surface area (Å²) in [5.74, 6) is 1.10. The Kier molecular flexibility index (Phi) is 5.45. The number of aliphatic imine (C=N–C) groups is 1. The largest absolute Gasteiger partial charge is 0.380 e. The number of nitrogens with zero attached hydrogens (tertiary/aromatic N) is 2. The molecule has 3 N–H and O–H groups in total. The third kappa shape index (κ3) is 4.59. The molecule has 0 aromatic rings. The van der Waals surface area contributed by atoms with Crippen LogP contribution in [0.15, 0.2) is 4.99 Å². The minimum Gasteiger partial charge on any atom is -0.380 e. The monoisotopic (exact) mass is 296 g/mol. The lowest BCUT2D eigenvalue weighted by molar-refractivity contribution is -0.119. The Bertz CT molecular complexity index is 393. The fraction of sp³-hybridized carbons (Fsp3) is 0.867. The lowest BCUT2D eigenvalue weighted by Crippen LogP contribution is -2.48. The van der Waals surface area contributed by atoms with Crippen molar-refractivity contribution in [3.63, 3.8) is 0 Å². The fourth-order valence-corrected chi connectivity index (χ4v) is 2.94. The van der Waals surface area contributed by atoms with Gasteiger partial charge in [0.2, 0.25) is 5.91 Å². The van der Waals surface area contributed by atoms with E-state index in [0.29, 0.717) is 12.3 Å². The van der Waals surface area contributed by atoms with E-state index >= 15 is 0 Å². The molecule has 6 nitrogen and oxygen atoms in total. The minimum atomic E-state index is -0.206. The third-order valence-electron chi connectivity index (χ3n) is 4.15. The molecule has 1 atom stereocenters. The maximum absolute atomic E-state index is 11.1. The molecule has 0 spiro atoms. The number of hydrogen-bond donors (Lipinski definition) is 2. The van der Waals surface area contributed by atoms with Crippen molar-refractivity contribution in [1.29, 1.82) is 0 Å². The van der Waals surface area contributed by atoms with Crippen molar-refractivity contribution in [2.45, 2.75) is 33.1 Å². The summed E-state index contributed by atoms with van der Waals surface area (Å²) in [4.78, 5) is 18.2. The lowest BCUT2D eigenvalue weighted by Gasteiger charge is -2.38. The number of carbonyl (C=O) groups excluding carboxylic acids is 1. The molecule has 120 valence electrons. The van der Waals surface area contributed by atoms with Crippen molar-refractivity contribution in [3.05, 3.63) is 0 Å². The van der Waals surface area contributed by atoms with E-state index in [2.05, 4.69) is 24.1 Å². The van der Waals surface area contributed by atoms with Gasteiger partial charge in [-0.2, -0.15) is 0 Å². The fourth-order valence-electron chi connectivity index (χ4n) is 2.94. The predicted molar refractivity (Wildman–Crippen MR) is 83.0 cm³/mol. The Morgan fingerprint density at radius 1 is 1.52 bits per heavy atom. The van der Waals surface area contributed by atoms with Gasteiger partial charge in [0.05, 0.1) is 19.8 Å². The smallest absolute Gasteiger partial charge is 0.217 e. The Morgan fingerprint density at radius 2 is 2.29 bits per heavy atom. The molecule has 0 aromatic carbocycles. The van der Waals surface area contributed by atoms with Crippen LogP contribution in [0.2, 0.25) is 0 Å². The van der Waals surface area contributed by atoms with Crippen LogP contribution in [0.25, 0.3) is 0 Å². The summed E-state index contributed by atoms with van der Waals surface area (Å²) in [5.41, 5.74) is 5.51. The Labute approximate surface area is 127 Å². The molecule has 1 amide bonds. The van der Waals surface area contributed by atoms with E-state index in [1.165, 1.54) is 0 Å². The summed E-state index contributed by atoms with van der Waals surface area (Å²) < 4.78 is 5.28. The van der Waals surface area contributed by atoms with E-state index in [9.17, 15) is 4.79 Å². The molecule has 0 aliphatic carbocycles. The van der Waals surface area contributed by atoms with Crippen LogP contribution in [0.1, 0.15) is 33.1 Å². The van der Waals surface area contributed by atoms with Crippen LogP contribution in [0.4, 0.5) is 0 Å². The number of nitrogens with one attached hydrogen (secondary N) is 1. The van der Waals surface area contributed by atoms with Gasteiger partial charge in [0.15, 0.2) is 5.96 Å². The molecule has 0 saturated carbocycles. The number of primary amides is 1. The van der Waals surface area contributed by atoms with E-state index in [4.69, 9.17) is 15.5 Å². The van der Waals surface area contributed by atoms with Crippen LogP contribution in [0.3, 0.4) is 0 Å². The maximum atomic E-state index is 11.1. The standard InChI is InChI=1S/C15H28N4O2/c1-3-17-14(18-9-15(2)10-21-11-15)19-6-4-5-12(8-19)7-13(16)20/h12H,3-11H2,1-2H3,(H2,16,20)(H,17,18). The topological polar surface area (TPSA) is 80.0 Å². The van der Waals surface area contributed by atoms with Gasteiger partial charge in [-0.15, -0.1) is 0 Å². The predicted octanol–water partition coefficient (Wildman–Crippen LogP) is 0.576. The lowest BCUT2D eigenvalue weighted by atomic mass is 9.89. The van der Waals surface area contributed by atoms with Gasteiger partial charge in [-0.1, -0.05) is 6.92 Å². The van der Waals surface area contributed by atoms with Crippen LogP contribution in [0.5, 0.6) is 0 Å². The minimum absolute atomic E-state index is 0.184. The molecular formula is C15H28N4O2. The average Bonchev–Trinajstić information content (AvgIpc) is 2.41. The molecular weight excluding hydrogens is 268 g/mol. The van der Waals surface area contributed by atoms with Crippen LogP contribution >= 0.6 is 0 Å². The molecule has 2 saturated heterocycles. The number of carbonyl (C=O) groups is 1. The van der Waals surface area contributed by atoms with Crippen LogP contribution in [-0.2, 0) is 9.53 Å². The quantitative estimate of drug-likeness (QED) is 0.574. The van der Waals surface area contributed by atoms with Gasteiger partial charge in [0, 0.05) is 31.5 Å². The normalized spacial score (nSPS) is 25.3. The van der Waals surface area contributed by atoms with E-state index in [1.54, 1.807) is 0 Å². The second-order valence-corrected chi connectivity index (χ2v) is 6.60. The Hall–Kier alpha value is -1.30. The second kappa shape index (κ2) is 7.11. The summed E-state index contributed by atoms with van der Waals surface area (Å²) in [6, 6.07) is 0. The number of nitrogens with two attached hydrogens (primary N) is 1.